The van der Waals surface area contributed by atoms with Crippen molar-refractivity contribution in [3.63, 3.8) is 0 Å². The van der Waals surface area contributed by atoms with Gasteiger partial charge in [0.25, 0.3) is 0 Å². The smallest absolute Gasteiger partial charge is 0.303 e. The number of amides is 2. The Morgan fingerprint density at radius 2 is 1.40 bits per heavy atom. The van der Waals surface area contributed by atoms with E-state index < -0.39 is 23.7 Å². The molecule has 0 aliphatic heterocycles. The molecule has 0 saturated heterocycles. The molecule has 8 heteroatoms. The highest BCUT2D eigenvalue weighted by Crippen LogP contribution is 2.08. The summed E-state index contributed by atoms with van der Waals surface area (Å²) >= 11 is 0. The first kappa shape index (κ1) is 19.3. The Bertz CT molecular complexity index is 305. The molecule has 3 N–H and O–H groups in total. The molecular formula is C12H24N2O4P2. The fourth-order valence-corrected chi connectivity index (χ4v) is 1.93. The summed E-state index contributed by atoms with van der Waals surface area (Å²) in [5.41, 5.74) is 0. The molecule has 0 fully saturated rings. The van der Waals surface area contributed by atoms with Gasteiger partial charge >= 0.3 is 5.97 Å². The molecular weight excluding hydrogens is 298 g/mol. The molecule has 0 bridgehead atoms. The number of carboxylic acids is 1. The zero-order valence-electron chi connectivity index (χ0n) is 11.6. The van der Waals surface area contributed by atoms with Gasteiger partial charge in [-0.2, -0.15) is 0 Å². The minimum atomic E-state index is -1.01. The predicted octanol–water partition coefficient (Wildman–Crippen LogP) is 0.230. The van der Waals surface area contributed by atoms with Crippen molar-refractivity contribution in [1.29, 1.82) is 0 Å². The van der Waals surface area contributed by atoms with Gasteiger partial charge in [0.05, 0.1) is 0 Å². The average Bonchev–Trinajstić information content (AvgIpc) is 2.39. The van der Waals surface area contributed by atoms with E-state index in [4.69, 9.17) is 5.11 Å². The Morgan fingerprint density at radius 1 is 0.950 bits per heavy atom. The molecule has 2 amide bonds. The molecule has 20 heavy (non-hydrogen) atoms. The van der Waals surface area contributed by atoms with E-state index in [0.717, 1.165) is 25.2 Å². The van der Waals surface area contributed by atoms with Crippen molar-refractivity contribution >= 4 is 36.3 Å². The summed E-state index contributed by atoms with van der Waals surface area (Å²) in [6, 6.07) is 0. The maximum atomic E-state index is 11.9. The van der Waals surface area contributed by atoms with Crippen molar-refractivity contribution in [2.45, 2.75) is 25.7 Å². The number of aliphatic carboxylic acids is 1. The van der Waals surface area contributed by atoms with Gasteiger partial charge < -0.3 is 15.7 Å². The van der Waals surface area contributed by atoms with Crippen LogP contribution >= 0.6 is 18.5 Å². The summed E-state index contributed by atoms with van der Waals surface area (Å²) < 4.78 is 0. The highest BCUT2D eigenvalue weighted by molar-refractivity contribution is 7.16. The van der Waals surface area contributed by atoms with Gasteiger partial charge in [0.15, 0.2) is 0 Å². The van der Waals surface area contributed by atoms with Gasteiger partial charge in [-0.25, -0.2) is 0 Å². The third kappa shape index (κ3) is 9.22. The Kier molecular flexibility index (Phi) is 11.6. The topological polar surface area (TPSA) is 95.5 Å². The van der Waals surface area contributed by atoms with Crippen LogP contribution < -0.4 is 10.6 Å². The lowest BCUT2D eigenvalue weighted by Crippen LogP contribution is -2.42. The summed E-state index contributed by atoms with van der Waals surface area (Å²) in [5.74, 6) is -2.73. The number of carboxylic acid groups (broad SMARTS) is 1. The van der Waals surface area contributed by atoms with Gasteiger partial charge in [-0.1, -0.05) is 0 Å². The van der Waals surface area contributed by atoms with Crippen LogP contribution in [-0.4, -0.2) is 48.3 Å². The van der Waals surface area contributed by atoms with Crippen LogP contribution in [0.1, 0.15) is 25.7 Å². The van der Waals surface area contributed by atoms with E-state index in [2.05, 4.69) is 29.1 Å². The van der Waals surface area contributed by atoms with Crippen LogP contribution in [0.4, 0.5) is 0 Å². The first-order chi connectivity index (χ1) is 9.52. The van der Waals surface area contributed by atoms with Crippen LogP contribution in [0.25, 0.3) is 0 Å². The quantitative estimate of drug-likeness (QED) is 0.288. The lowest BCUT2D eigenvalue weighted by atomic mass is 10.0. The van der Waals surface area contributed by atoms with E-state index in [1.807, 2.05) is 0 Å². The summed E-state index contributed by atoms with van der Waals surface area (Å²) in [6.07, 6.45) is 3.15. The lowest BCUT2D eigenvalue weighted by molar-refractivity contribution is -0.138. The molecule has 116 valence electrons. The number of carbonyl (C=O) groups is 3. The number of rotatable bonds is 11. The van der Waals surface area contributed by atoms with Crippen LogP contribution in [0.15, 0.2) is 0 Å². The van der Waals surface area contributed by atoms with Gasteiger partial charge in [0.1, 0.15) is 5.92 Å². The van der Waals surface area contributed by atoms with E-state index in [-0.39, 0.29) is 12.8 Å². The Hall–Kier alpha value is -0.730. The normalized spacial score (nSPS) is 10.3. The Balaban J connectivity index is 4.40. The second-order valence-corrected chi connectivity index (χ2v) is 5.51. The first-order valence-corrected chi connectivity index (χ1v) is 8.33. The van der Waals surface area contributed by atoms with Gasteiger partial charge in [-0.15, -0.1) is 18.5 Å². The molecule has 0 aromatic heterocycles. The molecule has 0 aromatic carbocycles. The van der Waals surface area contributed by atoms with Crippen LogP contribution in [0.2, 0.25) is 0 Å². The fraction of sp³-hybridized carbons (Fsp3) is 0.750. The van der Waals surface area contributed by atoms with Gasteiger partial charge in [0, 0.05) is 19.5 Å². The zero-order valence-corrected chi connectivity index (χ0v) is 13.9. The summed E-state index contributed by atoms with van der Waals surface area (Å²) in [6.45, 7) is 0.982. The maximum Gasteiger partial charge on any atom is 0.303 e. The monoisotopic (exact) mass is 322 g/mol. The molecule has 0 heterocycles. The fourth-order valence-electron chi connectivity index (χ4n) is 1.52. The van der Waals surface area contributed by atoms with E-state index in [9.17, 15) is 14.4 Å². The number of hydrogen-bond acceptors (Lipinski definition) is 3. The molecule has 0 saturated carbocycles. The van der Waals surface area contributed by atoms with Crippen molar-refractivity contribution in [3.8, 4) is 0 Å². The third-order valence-electron chi connectivity index (χ3n) is 2.64. The molecule has 2 atom stereocenters. The SMILES string of the molecule is O=C(O)CCC(C(=O)NCCCP)C(=O)NCCCP. The molecule has 0 aromatic rings. The number of carbonyl (C=O) groups excluding carboxylic acids is 2. The molecule has 2 unspecified atom stereocenters. The third-order valence-corrected chi connectivity index (χ3v) is 3.46. The second kappa shape index (κ2) is 12.0. The van der Waals surface area contributed by atoms with Crippen molar-refractivity contribution < 1.29 is 19.5 Å². The van der Waals surface area contributed by atoms with Crippen molar-refractivity contribution in [2.75, 3.05) is 25.4 Å². The number of nitrogens with one attached hydrogen (secondary N) is 2. The van der Waals surface area contributed by atoms with E-state index in [0.29, 0.717) is 13.1 Å². The number of hydrogen-bond donors (Lipinski definition) is 3. The van der Waals surface area contributed by atoms with Crippen LogP contribution in [0.5, 0.6) is 0 Å². The van der Waals surface area contributed by atoms with Crippen molar-refractivity contribution in [1.82, 2.24) is 10.6 Å². The van der Waals surface area contributed by atoms with Crippen LogP contribution in [0.3, 0.4) is 0 Å². The van der Waals surface area contributed by atoms with Crippen LogP contribution in [0, 0.1) is 5.92 Å². The molecule has 0 aliphatic carbocycles. The molecule has 0 aliphatic rings. The highest BCUT2D eigenvalue weighted by Gasteiger charge is 2.26. The van der Waals surface area contributed by atoms with E-state index in [1.54, 1.807) is 0 Å². The standard InChI is InChI=1S/C12H24N2O4P2/c15-10(16)4-3-9(11(17)13-5-1-7-19)12(18)14-6-2-8-20/h9H,1-8,19-20H2,(H,13,17)(H,14,18)(H,15,16). The zero-order chi connectivity index (χ0) is 15.4. The highest BCUT2D eigenvalue weighted by atomic mass is 31.0. The van der Waals surface area contributed by atoms with E-state index >= 15 is 0 Å². The molecule has 0 radical (unpaired) electrons. The molecule has 6 nitrogen and oxygen atoms in total. The Morgan fingerprint density at radius 3 is 1.75 bits per heavy atom. The van der Waals surface area contributed by atoms with Gasteiger partial charge in [0.2, 0.25) is 11.8 Å². The van der Waals surface area contributed by atoms with Gasteiger partial charge in [-0.05, 0) is 31.6 Å². The van der Waals surface area contributed by atoms with Crippen LogP contribution in [-0.2, 0) is 14.4 Å². The lowest BCUT2D eigenvalue weighted by Gasteiger charge is -2.15. The largest absolute Gasteiger partial charge is 0.481 e. The summed E-state index contributed by atoms with van der Waals surface area (Å²) in [7, 11) is 5.11. The minimum absolute atomic E-state index is 0.0226. The average molecular weight is 322 g/mol. The van der Waals surface area contributed by atoms with Gasteiger partial charge in [-0.3, -0.25) is 14.4 Å². The minimum Gasteiger partial charge on any atom is -0.481 e. The molecule has 0 spiro atoms. The Labute approximate surface area is 124 Å². The summed E-state index contributed by atoms with van der Waals surface area (Å²) in [5, 5.41) is 14.0. The van der Waals surface area contributed by atoms with Crippen molar-refractivity contribution in [3.05, 3.63) is 0 Å². The molecule has 0 rings (SSSR count). The predicted molar refractivity (Wildman–Crippen MR) is 84.8 cm³/mol. The van der Waals surface area contributed by atoms with Crippen molar-refractivity contribution in [2.24, 2.45) is 5.92 Å². The maximum absolute atomic E-state index is 11.9. The first-order valence-electron chi connectivity index (χ1n) is 6.70. The van der Waals surface area contributed by atoms with E-state index in [1.165, 1.54) is 0 Å². The second-order valence-electron chi connectivity index (χ2n) is 4.35. The summed E-state index contributed by atoms with van der Waals surface area (Å²) in [4.78, 5) is 34.5.